The summed E-state index contributed by atoms with van der Waals surface area (Å²) in [5.41, 5.74) is 1.13. The van der Waals surface area contributed by atoms with Crippen LogP contribution in [0.2, 0.25) is 0 Å². The number of unbranched alkanes of at least 4 members (excludes halogenated alkanes) is 1. The van der Waals surface area contributed by atoms with Gasteiger partial charge in [-0.3, -0.25) is 4.79 Å². The Labute approximate surface area is 177 Å². The molecule has 2 aromatic carbocycles. The summed E-state index contributed by atoms with van der Waals surface area (Å²) >= 11 is 0. The lowest BCUT2D eigenvalue weighted by atomic mass is 10.1. The lowest BCUT2D eigenvalue weighted by molar-refractivity contribution is -0.138. The van der Waals surface area contributed by atoms with Gasteiger partial charge in [-0.1, -0.05) is 38.1 Å². The highest BCUT2D eigenvalue weighted by Crippen LogP contribution is 2.16. The zero-order valence-electron chi connectivity index (χ0n) is 17.4. The lowest BCUT2D eigenvalue weighted by Crippen LogP contribution is -2.28. The number of methoxy groups -OCH3 is 1. The summed E-state index contributed by atoms with van der Waals surface area (Å²) in [6, 6.07) is 13.8. The van der Waals surface area contributed by atoms with E-state index in [1.54, 1.807) is 61.7 Å². The predicted molar refractivity (Wildman–Crippen MR) is 116 cm³/mol. The molecule has 0 spiro atoms. The van der Waals surface area contributed by atoms with Crippen molar-refractivity contribution in [1.29, 1.82) is 0 Å². The van der Waals surface area contributed by atoms with Gasteiger partial charge in [0.1, 0.15) is 23.8 Å². The molecule has 6 nitrogen and oxygen atoms in total. The van der Waals surface area contributed by atoms with Crippen LogP contribution in [0.15, 0.2) is 66.9 Å². The summed E-state index contributed by atoms with van der Waals surface area (Å²) < 4.78 is 15.8. The maximum absolute atomic E-state index is 12.7. The number of nitrogens with one attached hydrogen (secondary N) is 1. The second kappa shape index (κ2) is 12.1. The number of rotatable bonds is 11. The summed E-state index contributed by atoms with van der Waals surface area (Å²) in [6.45, 7) is 6.29. The topological polar surface area (TPSA) is 73.9 Å². The van der Waals surface area contributed by atoms with Crippen molar-refractivity contribution in [2.45, 2.75) is 19.8 Å². The molecule has 0 aromatic heterocycles. The van der Waals surface area contributed by atoms with Crippen molar-refractivity contribution < 1.29 is 23.8 Å². The van der Waals surface area contributed by atoms with Gasteiger partial charge in [0.15, 0.2) is 0 Å². The summed E-state index contributed by atoms with van der Waals surface area (Å²) in [7, 11) is 1.57. The lowest BCUT2D eigenvalue weighted by Gasteiger charge is -2.11. The van der Waals surface area contributed by atoms with Gasteiger partial charge in [-0.25, -0.2) is 4.79 Å². The maximum Gasteiger partial charge on any atom is 0.355 e. The average Bonchev–Trinajstić information content (AvgIpc) is 2.78. The fraction of sp³-hybridized carbons (Fsp3) is 0.250. The Kier molecular flexibility index (Phi) is 9.18. The van der Waals surface area contributed by atoms with Crippen molar-refractivity contribution in [3.05, 3.63) is 78.0 Å². The van der Waals surface area contributed by atoms with Crippen LogP contribution in [0, 0.1) is 0 Å². The van der Waals surface area contributed by atoms with Gasteiger partial charge in [0.05, 0.1) is 13.7 Å². The number of amides is 1. The van der Waals surface area contributed by atoms with Crippen molar-refractivity contribution in [1.82, 2.24) is 5.32 Å². The Bertz CT molecular complexity index is 869. The Morgan fingerprint density at radius 2 is 1.70 bits per heavy atom. The van der Waals surface area contributed by atoms with E-state index in [-0.39, 0.29) is 12.3 Å². The van der Waals surface area contributed by atoms with Crippen LogP contribution in [0.4, 0.5) is 0 Å². The van der Waals surface area contributed by atoms with E-state index in [1.165, 1.54) is 6.08 Å². The van der Waals surface area contributed by atoms with E-state index in [0.29, 0.717) is 29.2 Å². The second-order valence-corrected chi connectivity index (χ2v) is 6.40. The highest BCUT2D eigenvalue weighted by molar-refractivity contribution is 6.03. The van der Waals surface area contributed by atoms with Gasteiger partial charge in [0.25, 0.3) is 5.91 Å². The first kappa shape index (κ1) is 22.7. The molecule has 6 heteroatoms. The normalized spacial score (nSPS) is 10.8. The Morgan fingerprint density at radius 3 is 2.30 bits per heavy atom. The number of esters is 1. The first-order valence-corrected chi connectivity index (χ1v) is 9.75. The standard InChI is InChI=1S/C24H27NO5/c1-4-6-16-29-21-13-9-19(10-14-21)23(26)25-22(24(27)30-15-5-2)17-18-7-11-20(28-3)12-8-18/h5,7-14,17H,2,4,6,15-16H2,1,3H3,(H,25,26)/b22-17+. The monoisotopic (exact) mass is 409 g/mol. The molecule has 0 bridgehead atoms. The third-order valence-corrected chi connectivity index (χ3v) is 4.11. The molecule has 0 fully saturated rings. The Morgan fingerprint density at radius 1 is 1.03 bits per heavy atom. The molecule has 0 saturated carbocycles. The molecule has 2 rings (SSSR count). The SMILES string of the molecule is C=CCOC(=O)/C(=C\c1ccc(OC)cc1)NC(=O)c1ccc(OCCCC)cc1. The minimum Gasteiger partial charge on any atom is -0.497 e. The third-order valence-electron chi connectivity index (χ3n) is 4.11. The third kappa shape index (κ3) is 7.13. The van der Waals surface area contributed by atoms with Gasteiger partial charge in [-0.05, 0) is 54.5 Å². The maximum atomic E-state index is 12.7. The zero-order valence-corrected chi connectivity index (χ0v) is 17.4. The molecular formula is C24H27NO5. The quantitative estimate of drug-likeness (QED) is 0.258. The molecule has 0 unspecified atom stereocenters. The van der Waals surface area contributed by atoms with Crippen LogP contribution in [0.5, 0.6) is 11.5 Å². The highest BCUT2D eigenvalue weighted by Gasteiger charge is 2.16. The van der Waals surface area contributed by atoms with E-state index in [1.807, 2.05) is 0 Å². The number of carbonyl (C=O) groups is 2. The van der Waals surface area contributed by atoms with Crippen LogP contribution in [0.25, 0.3) is 6.08 Å². The van der Waals surface area contributed by atoms with Gasteiger partial charge in [-0.2, -0.15) is 0 Å². The average molecular weight is 409 g/mol. The van der Waals surface area contributed by atoms with Crippen molar-refractivity contribution >= 4 is 18.0 Å². The number of hydrogen-bond donors (Lipinski definition) is 1. The first-order valence-electron chi connectivity index (χ1n) is 9.75. The van der Waals surface area contributed by atoms with Crippen LogP contribution < -0.4 is 14.8 Å². The Hall–Kier alpha value is -3.54. The van der Waals surface area contributed by atoms with E-state index < -0.39 is 11.9 Å². The zero-order chi connectivity index (χ0) is 21.8. The van der Waals surface area contributed by atoms with Crippen LogP contribution in [0.1, 0.15) is 35.7 Å². The van der Waals surface area contributed by atoms with E-state index in [9.17, 15) is 9.59 Å². The fourth-order valence-corrected chi connectivity index (χ4v) is 2.46. The van der Waals surface area contributed by atoms with E-state index in [4.69, 9.17) is 14.2 Å². The van der Waals surface area contributed by atoms with Crippen LogP contribution in [-0.2, 0) is 9.53 Å². The number of hydrogen-bond acceptors (Lipinski definition) is 5. The van der Waals surface area contributed by atoms with Gasteiger partial charge in [-0.15, -0.1) is 0 Å². The van der Waals surface area contributed by atoms with Crippen LogP contribution >= 0.6 is 0 Å². The largest absolute Gasteiger partial charge is 0.497 e. The molecule has 0 saturated heterocycles. The molecular weight excluding hydrogens is 382 g/mol. The molecule has 0 radical (unpaired) electrons. The molecule has 0 aliphatic rings. The molecule has 2 aromatic rings. The van der Waals surface area contributed by atoms with Gasteiger partial charge >= 0.3 is 5.97 Å². The van der Waals surface area contributed by atoms with Gasteiger partial charge in [0, 0.05) is 5.56 Å². The summed E-state index contributed by atoms with van der Waals surface area (Å²) in [6.07, 6.45) is 5.02. The second-order valence-electron chi connectivity index (χ2n) is 6.40. The van der Waals surface area contributed by atoms with Gasteiger partial charge < -0.3 is 19.5 Å². The van der Waals surface area contributed by atoms with E-state index >= 15 is 0 Å². The number of ether oxygens (including phenoxy) is 3. The minimum absolute atomic E-state index is 0.0234. The fourth-order valence-electron chi connectivity index (χ4n) is 2.46. The number of benzene rings is 2. The number of carbonyl (C=O) groups excluding carboxylic acids is 2. The highest BCUT2D eigenvalue weighted by atomic mass is 16.5. The van der Waals surface area contributed by atoms with Crippen LogP contribution in [-0.4, -0.2) is 32.2 Å². The van der Waals surface area contributed by atoms with Crippen molar-refractivity contribution in [2.24, 2.45) is 0 Å². The Balaban J connectivity index is 2.15. The minimum atomic E-state index is -0.654. The molecule has 158 valence electrons. The molecule has 1 N–H and O–H groups in total. The van der Waals surface area contributed by atoms with Crippen molar-refractivity contribution in [3.63, 3.8) is 0 Å². The summed E-state index contributed by atoms with van der Waals surface area (Å²) in [4.78, 5) is 25.1. The molecule has 0 atom stereocenters. The van der Waals surface area contributed by atoms with Crippen molar-refractivity contribution in [3.8, 4) is 11.5 Å². The molecule has 0 aliphatic carbocycles. The smallest absolute Gasteiger partial charge is 0.355 e. The van der Waals surface area contributed by atoms with E-state index in [2.05, 4.69) is 18.8 Å². The van der Waals surface area contributed by atoms with Crippen molar-refractivity contribution in [2.75, 3.05) is 20.3 Å². The van der Waals surface area contributed by atoms with E-state index in [0.717, 1.165) is 12.8 Å². The molecule has 0 heterocycles. The van der Waals surface area contributed by atoms with Gasteiger partial charge in [0.2, 0.25) is 0 Å². The molecule has 30 heavy (non-hydrogen) atoms. The predicted octanol–water partition coefficient (Wildman–Crippen LogP) is 4.37. The molecule has 1 amide bonds. The molecule has 0 aliphatic heterocycles. The summed E-state index contributed by atoms with van der Waals surface area (Å²) in [5, 5.41) is 2.63. The summed E-state index contributed by atoms with van der Waals surface area (Å²) in [5.74, 6) is 0.302. The first-order chi connectivity index (χ1) is 14.6. The van der Waals surface area contributed by atoms with Crippen LogP contribution in [0.3, 0.4) is 0 Å².